The van der Waals surface area contributed by atoms with E-state index in [9.17, 15) is 9.59 Å². The van der Waals surface area contributed by atoms with Crippen molar-refractivity contribution in [2.45, 2.75) is 25.8 Å². The molecule has 0 aromatic carbocycles. The van der Waals surface area contributed by atoms with Crippen LogP contribution in [0.4, 0.5) is 0 Å². The number of amides is 1. The average molecular weight is 218 g/mol. The van der Waals surface area contributed by atoms with Gasteiger partial charge in [0.1, 0.15) is 5.78 Å². The van der Waals surface area contributed by atoms with E-state index in [-0.39, 0.29) is 11.7 Å². The predicted molar refractivity (Wildman–Crippen MR) is 58.5 cm³/mol. The summed E-state index contributed by atoms with van der Waals surface area (Å²) in [6.07, 6.45) is 4.65. The number of carbonyl (C=O) groups excluding carboxylic acids is 2. The largest absolute Gasteiger partial charge is 0.338 e. The molecule has 1 saturated heterocycles. The summed E-state index contributed by atoms with van der Waals surface area (Å²) in [5, 5.41) is 0. The zero-order valence-electron chi connectivity index (χ0n) is 9.06. The summed E-state index contributed by atoms with van der Waals surface area (Å²) in [6, 6.07) is 3.78. The van der Waals surface area contributed by atoms with Crippen molar-refractivity contribution < 1.29 is 9.59 Å². The Morgan fingerprint density at radius 3 is 2.62 bits per heavy atom. The van der Waals surface area contributed by atoms with Crippen LogP contribution in [0, 0.1) is 0 Å². The van der Waals surface area contributed by atoms with E-state index < -0.39 is 0 Å². The van der Waals surface area contributed by atoms with Crippen molar-refractivity contribution in [1.82, 2.24) is 9.88 Å². The Bertz CT molecular complexity index is 389. The van der Waals surface area contributed by atoms with Gasteiger partial charge in [-0.05, 0) is 17.7 Å². The van der Waals surface area contributed by atoms with Gasteiger partial charge in [0.2, 0.25) is 5.91 Å². The van der Waals surface area contributed by atoms with E-state index >= 15 is 0 Å². The van der Waals surface area contributed by atoms with Gasteiger partial charge in [0, 0.05) is 44.7 Å². The lowest BCUT2D eigenvalue weighted by Gasteiger charge is -2.19. The molecule has 1 aliphatic rings. The minimum atomic E-state index is 0.0719. The van der Waals surface area contributed by atoms with Gasteiger partial charge in [0.05, 0.1) is 0 Å². The van der Waals surface area contributed by atoms with Crippen LogP contribution in [-0.4, -0.2) is 28.1 Å². The molecule has 0 saturated carbocycles. The van der Waals surface area contributed by atoms with Gasteiger partial charge in [-0.3, -0.25) is 14.6 Å². The lowest BCUT2D eigenvalue weighted by atomic mass is 10.2. The molecule has 0 spiro atoms. The molecule has 16 heavy (non-hydrogen) atoms. The highest BCUT2D eigenvalue weighted by atomic mass is 16.2. The molecule has 1 amide bonds. The van der Waals surface area contributed by atoms with Crippen molar-refractivity contribution in [2.75, 3.05) is 6.54 Å². The fraction of sp³-hybridized carbons (Fsp3) is 0.417. The molecule has 0 unspecified atom stereocenters. The van der Waals surface area contributed by atoms with Crippen molar-refractivity contribution in [1.29, 1.82) is 0 Å². The molecule has 0 N–H and O–H groups in total. The molecule has 0 radical (unpaired) electrons. The highest BCUT2D eigenvalue weighted by Crippen LogP contribution is 2.12. The molecule has 1 aromatic rings. The first-order chi connectivity index (χ1) is 7.75. The van der Waals surface area contributed by atoms with Crippen LogP contribution in [0.25, 0.3) is 0 Å². The lowest BCUT2D eigenvalue weighted by Crippen LogP contribution is -2.29. The smallest absolute Gasteiger partial charge is 0.223 e. The van der Waals surface area contributed by atoms with E-state index in [0.29, 0.717) is 32.4 Å². The number of likely N-dealkylation sites (tertiary alicyclic amines) is 1. The van der Waals surface area contributed by atoms with E-state index in [1.807, 2.05) is 12.1 Å². The van der Waals surface area contributed by atoms with Gasteiger partial charge in [0.15, 0.2) is 0 Å². The van der Waals surface area contributed by atoms with Crippen LogP contribution in [0.2, 0.25) is 0 Å². The number of hydrogen-bond acceptors (Lipinski definition) is 3. The maximum atomic E-state index is 11.7. The number of ketones is 1. The van der Waals surface area contributed by atoms with Gasteiger partial charge in [-0.15, -0.1) is 0 Å². The normalized spacial score (nSPS) is 17.4. The van der Waals surface area contributed by atoms with Crippen LogP contribution in [-0.2, 0) is 16.1 Å². The molecule has 4 nitrogen and oxygen atoms in total. The summed E-state index contributed by atoms with van der Waals surface area (Å²) in [4.78, 5) is 28.6. The number of carbonyl (C=O) groups is 2. The third-order valence-electron chi connectivity index (χ3n) is 2.75. The SMILES string of the molecule is O=C1CCC(=O)N(Cc2ccncc2)CC1. The molecule has 0 bridgehead atoms. The second-order valence-electron chi connectivity index (χ2n) is 3.96. The number of aromatic nitrogens is 1. The van der Waals surface area contributed by atoms with Crippen molar-refractivity contribution in [2.24, 2.45) is 0 Å². The Morgan fingerprint density at radius 2 is 1.88 bits per heavy atom. The highest BCUT2D eigenvalue weighted by molar-refractivity contribution is 5.87. The molecular weight excluding hydrogens is 204 g/mol. The quantitative estimate of drug-likeness (QED) is 0.748. The summed E-state index contributed by atoms with van der Waals surface area (Å²) >= 11 is 0. The van der Waals surface area contributed by atoms with Crippen molar-refractivity contribution in [3.63, 3.8) is 0 Å². The average Bonchev–Trinajstić information content (AvgIpc) is 2.46. The molecule has 2 rings (SSSR count). The molecule has 1 aromatic heterocycles. The van der Waals surface area contributed by atoms with Gasteiger partial charge in [-0.1, -0.05) is 0 Å². The van der Waals surface area contributed by atoms with Crippen molar-refractivity contribution in [3.8, 4) is 0 Å². The van der Waals surface area contributed by atoms with Gasteiger partial charge >= 0.3 is 0 Å². The minimum absolute atomic E-state index is 0.0719. The Hall–Kier alpha value is -1.71. The monoisotopic (exact) mass is 218 g/mol. The Morgan fingerprint density at radius 1 is 1.12 bits per heavy atom. The maximum absolute atomic E-state index is 11.7. The molecule has 84 valence electrons. The summed E-state index contributed by atoms with van der Waals surface area (Å²) in [6.45, 7) is 1.12. The van der Waals surface area contributed by atoms with E-state index in [0.717, 1.165) is 5.56 Å². The first-order valence-electron chi connectivity index (χ1n) is 5.44. The summed E-state index contributed by atoms with van der Waals surface area (Å²) in [5.74, 6) is 0.258. The lowest BCUT2D eigenvalue weighted by molar-refractivity contribution is -0.131. The molecular formula is C12H14N2O2. The second-order valence-corrected chi connectivity index (χ2v) is 3.96. The van der Waals surface area contributed by atoms with Crippen LogP contribution < -0.4 is 0 Å². The molecule has 0 aliphatic carbocycles. The van der Waals surface area contributed by atoms with Crippen LogP contribution in [0.15, 0.2) is 24.5 Å². The number of rotatable bonds is 2. The second kappa shape index (κ2) is 4.88. The van der Waals surface area contributed by atoms with E-state index in [1.54, 1.807) is 17.3 Å². The Labute approximate surface area is 94.3 Å². The first kappa shape index (κ1) is 10.8. The molecule has 2 heterocycles. The van der Waals surface area contributed by atoms with E-state index in [4.69, 9.17) is 0 Å². The summed E-state index contributed by atoms with van der Waals surface area (Å²) < 4.78 is 0. The zero-order chi connectivity index (χ0) is 11.4. The summed E-state index contributed by atoms with van der Waals surface area (Å²) in [5.41, 5.74) is 1.05. The van der Waals surface area contributed by atoms with Crippen molar-refractivity contribution in [3.05, 3.63) is 30.1 Å². The van der Waals surface area contributed by atoms with E-state index in [1.165, 1.54) is 0 Å². The standard InChI is InChI=1S/C12H14N2O2/c15-11-1-2-12(16)14(8-5-11)9-10-3-6-13-7-4-10/h3-4,6-7H,1-2,5,8-9H2. The fourth-order valence-corrected chi connectivity index (χ4v) is 1.79. The first-order valence-corrected chi connectivity index (χ1v) is 5.44. The third kappa shape index (κ3) is 2.66. The zero-order valence-corrected chi connectivity index (χ0v) is 9.06. The Kier molecular flexibility index (Phi) is 3.29. The molecule has 1 fully saturated rings. The topological polar surface area (TPSA) is 50.3 Å². The van der Waals surface area contributed by atoms with Crippen molar-refractivity contribution >= 4 is 11.7 Å². The third-order valence-corrected chi connectivity index (χ3v) is 2.75. The van der Waals surface area contributed by atoms with Crippen LogP contribution in [0.3, 0.4) is 0 Å². The molecule has 1 aliphatic heterocycles. The fourth-order valence-electron chi connectivity index (χ4n) is 1.79. The summed E-state index contributed by atoms with van der Waals surface area (Å²) in [7, 11) is 0. The van der Waals surface area contributed by atoms with Gasteiger partial charge in [0.25, 0.3) is 0 Å². The van der Waals surface area contributed by atoms with Gasteiger partial charge < -0.3 is 4.90 Å². The molecule has 0 atom stereocenters. The van der Waals surface area contributed by atoms with Gasteiger partial charge in [-0.25, -0.2) is 0 Å². The van der Waals surface area contributed by atoms with Crippen LogP contribution >= 0.6 is 0 Å². The van der Waals surface area contributed by atoms with Crippen LogP contribution in [0.1, 0.15) is 24.8 Å². The van der Waals surface area contributed by atoms with Gasteiger partial charge in [-0.2, -0.15) is 0 Å². The number of Topliss-reactive ketones (excluding diaryl/α,β-unsaturated/α-hetero) is 1. The van der Waals surface area contributed by atoms with Crippen LogP contribution in [0.5, 0.6) is 0 Å². The maximum Gasteiger partial charge on any atom is 0.223 e. The molecule has 4 heteroatoms. The number of nitrogens with zero attached hydrogens (tertiary/aromatic N) is 2. The number of pyridine rings is 1. The highest BCUT2D eigenvalue weighted by Gasteiger charge is 2.20. The number of hydrogen-bond donors (Lipinski definition) is 0. The predicted octanol–water partition coefficient (Wildman–Crippen LogP) is 1.16. The Balaban J connectivity index is 2.03. The van der Waals surface area contributed by atoms with E-state index in [2.05, 4.69) is 4.98 Å². The minimum Gasteiger partial charge on any atom is -0.338 e.